The van der Waals surface area contributed by atoms with Crippen molar-refractivity contribution in [1.82, 2.24) is 0 Å². The van der Waals surface area contributed by atoms with E-state index in [0.717, 1.165) is 24.9 Å². The Kier molecular flexibility index (Phi) is 3.40. The molecule has 2 rings (SSSR count). The number of nitrogens with two attached hydrogens (primary N) is 1. The second kappa shape index (κ2) is 4.67. The molecule has 3 nitrogen and oxygen atoms in total. The Balaban J connectivity index is 2.12. The van der Waals surface area contributed by atoms with Crippen molar-refractivity contribution in [2.75, 3.05) is 18.0 Å². The second-order valence-corrected chi connectivity index (χ2v) is 5.40. The molecule has 0 aliphatic carbocycles. The van der Waals surface area contributed by atoms with E-state index in [-0.39, 0.29) is 6.04 Å². The van der Waals surface area contributed by atoms with Crippen LogP contribution in [0, 0.1) is 0 Å². The molecule has 1 aromatic rings. The molecule has 2 atom stereocenters. The summed E-state index contributed by atoms with van der Waals surface area (Å²) in [6, 6.07) is 8.42. The molecule has 0 radical (unpaired) electrons. The monoisotopic (exact) mass is 234 g/mol. The first-order valence-corrected chi connectivity index (χ1v) is 6.31. The highest BCUT2D eigenvalue weighted by molar-refractivity contribution is 5.48. The van der Waals surface area contributed by atoms with Gasteiger partial charge in [0.05, 0.1) is 5.60 Å². The summed E-state index contributed by atoms with van der Waals surface area (Å²) in [7, 11) is 0. The number of benzene rings is 1. The normalized spacial score (nSPS) is 26.9. The largest absolute Gasteiger partial charge is 0.388 e. The van der Waals surface area contributed by atoms with Crippen molar-refractivity contribution in [2.45, 2.75) is 38.3 Å². The number of hydrogen-bond donors (Lipinski definition) is 2. The van der Waals surface area contributed by atoms with Gasteiger partial charge in [0, 0.05) is 24.8 Å². The number of β-amino-alcohol motifs (C(OH)–C–C–N with tert-alkyl or cyclic N) is 1. The number of nitrogens with zero attached hydrogens (tertiary/aromatic N) is 1. The number of hydrogen-bond acceptors (Lipinski definition) is 3. The first-order valence-electron chi connectivity index (χ1n) is 6.31. The maximum absolute atomic E-state index is 10.1. The van der Waals surface area contributed by atoms with Crippen LogP contribution in [0.4, 0.5) is 5.69 Å². The predicted molar refractivity (Wildman–Crippen MR) is 71.1 cm³/mol. The van der Waals surface area contributed by atoms with Crippen molar-refractivity contribution in [2.24, 2.45) is 5.73 Å². The van der Waals surface area contributed by atoms with Gasteiger partial charge in [0.1, 0.15) is 0 Å². The summed E-state index contributed by atoms with van der Waals surface area (Å²) >= 11 is 0. The van der Waals surface area contributed by atoms with E-state index in [1.807, 2.05) is 13.8 Å². The molecule has 0 saturated carbocycles. The van der Waals surface area contributed by atoms with Crippen molar-refractivity contribution in [3.05, 3.63) is 29.8 Å². The van der Waals surface area contributed by atoms with E-state index in [1.54, 1.807) is 0 Å². The van der Waals surface area contributed by atoms with Crippen LogP contribution < -0.4 is 10.6 Å². The van der Waals surface area contributed by atoms with Gasteiger partial charge in [-0.2, -0.15) is 0 Å². The van der Waals surface area contributed by atoms with Gasteiger partial charge in [-0.05, 0) is 44.4 Å². The van der Waals surface area contributed by atoms with E-state index < -0.39 is 5.60 Å². The Morgan fingerprint density at radius 1 is 1.35 bits per heavy atom. The smallest absolute Gasteiger partial charge is 0.0794 e. The molecule has 94 valence electrons. The molecule has 0 amide bonds. The van der Waals surface area contributed by atoms with Crippen LogP contribution in [0.1, 0.15) is 38.3 Å². The Morgan fingerprint density at radius 2 is 2.00 bits per heavy atom. The highest BCUT2D eigenvalue weighted by Crippen LogP contribution is 2.26. The van der Waals surface area contributed by atoms with Crippen LogP contribution in [0.15, 0.2) is 24.3 Å². The number of rotatable bonds is 2. The van der Waals surface area contributed by atoms with Crippen molar-refractivity contribution >= 4 is 5.69 Å². The van der Waals surface area contributed by atoms with Gasteiger partial charge >= 0.3 is 0 Å². The van der Waals surface area contributed by atoms with Crippen LogP contribution in [-0.4, -0.2) is 23.8 Å². The van der Waals surface area contributed by atoms with Gasteiger partial charge in [-0.1, -0.05) is 12.1 Å². The highest BCUT2D eigenvalue weighted by Gasteiger charge is 2.28. The molecule has 3 heteroatoms. The molecule has 1 fully saturated rings. The third-order valence-electron chi connectivity index (χ3n) is 3.46. The summed E-state index contributed by atoms with van der Waals surface area (Å²) in [5.74, 6) is 0. The predicted octanol–water partition coefficient (Wildman–Crippen LogP) is 2.06. The molecule has 0 aromatic heterocycles. The van der Waals surface area contributed by atoms with Crippen molar-refractivity contribution in [3.8, 4) is 0 Å². The third-order valence-corrected chi connectivity index (χ3v) is 3.46. The Labute approximate surface area is 103 Å². The van der Waals surface area contributed by atoms with Gasteiger partial charge in [-0.15, -0.1) is 0 Å². The maximum atomic E-state index is 10.1. The van der Waals surface area contributed by atoms with Crippen LogP contribution in [0.5, 0.6) is 0 Å². The molecule has 1 heterocycles. The molecular weight excluding hydrogens is 212 g/mol. The quantitative estimate of drug-likeness (QED) is 0.823. The first-order chi connectivity index (χ1) is 7.98. The lowest BCUT2D eigenvalue weighted by atomic mass is 9.94. The van der Waals surface area contributed by atoms with E-state index in [2.05, 4.69) is 29.2 Å². The summed E-state index contributed by atoms with van der Waals surface area (Å²) in [4.78, 5) is 2.24. The average molecular weight is 234 g/mol. The standard InChI is InChI=1S/C14H22N2O/c1-11(15)12-4-6-13(7-5-12)16-9-3-8-14(2,17)10-16/h4-7,11,17H,3,8-10,15H2,1-2H3/t11-,14?/m0/s1. The van der Waals surface area contributed by atoms with Gasteiger partial charge in [-0.3, -0.25) is 0 Å². The zero-order valence-corrected chi connectivity index (χ0v) is 10.7. The fourth-order valence-electron chi connectivity index (χ4n) is 2.43. The fourth-order valence-corrected chi connectivity index (χ4v) is 2.43. The van der Waals surface area contributed by atoms with E-state index in [9.17, 15) is 5.11 Å². The summed E-state index contributed by atoms with van der Waals surface area (Å²) in [5, 5.41) is 10.1. The van der Waals surface area contributed by atoms with Gasteiger partial charge in [0.2, 0.25) is 0 Å². The zero-order valence-electron chi connectivity index (χ0n) is 10.7. The van der Waals surface area contributed by atoms with Crippen LogP contribution in [0.25, 0.3) is 0 Å². The molecule has 3 N–H and O–H groups in total. The second-order valence-electron chi connectivity index (χ2n) is 5.40. The summed E-state index contributed by atoms with van der Waals surface area (Å²) < 4.78 is 0. The van der Waals surface area contributed by atoms with Gasteiger partial charge in [0.25, 0.3) is 0 Å². The van der Waals surface area contributed by atoms with Crippen molar-refractivity contribution < 1.29 is 5.11 Å². The minimum absolute atomic E-state index is 0.0773. The average Bonchev–Trinajstić information content (AvgIpc) is 2.28. The lowest BCUT2D eigenvalue weighted by Gasteiger charge is -2.38. The molecule has 1 aliphatic heterocycles. The third kappa shape index (κ3) is 2.99. The molecule has 1 unspecified atom stereocenters. The number of piperidine rings is 1. The first kappa shape index (κ1) is 12.4. The zero-order chi connectivity index (χ0) is 12.5. The number of aliphatic hydroxyl groups is 1. The molecule has 0 spiro atoms. The summed E-state index contributed by atoms with van der Waals surface area (Å²) in [5.41, 5.74) is 7.60. The molecule has 1 saturated heterocycles. The van der Waals surface area contributed by atoms with Crippen LogP contribution in [0.3, 0.4) is 0 Å². The van der Waals surface area contributed by atoms with Crippen LogP contribution in [0.2, 0.25) is 0 Å². The molecule has 1 aromatic carbocycles. The Morgan fingerprint density at radius 3 is 2.53 bits per heavy atom. The lowest BCUT2D eigenvalue weighted by molar-refractivity contribution is 0.0449. The van der Waals surface area contributed by atoms with Crippen LogP contribution >= 0.6 is 0 Å². The van der Waals surface area contributed by atoms with E-state index in [0.29, 0.717) is 6.54 Å². The summed E-state index contributed by atoms with van der Waals surface area (Å²) in [6.45, 7) is 5.63. The minimum Gasteiger partial charge on any atom is -0.388 e. The maximum Gasteiger partial charge on any atom is 0.0794 e. The SMILES string of the molecule is C[C@H](N)c1ccc(N2CCCC(C)(O)C2)cc1. The lowest BCUT2D eigenvalue weighted by Crippen LogP contribution is -2.46. The van der Waals surface area contributed by atoms with Gasteiger partial charge in [-0.25, -0.2) is 0 Å². The fraction of sp³-hybridized carbons (Fsp3) is 0.571. The van der Waals surface area contributed by atoms with Crippen molar-refractivity contribution in [1.29, 1.82) is 0 Å². The molecular formula is C14H22N2O. The van der Waals surface area contributed by atoms with Crippen LogP contribution in [-0.2, 0) is 0 Å². The summed E-state index contributed by atoms with van der Waals surface area (Å²) in [6.07, 6.45) is 1.93. The van der Waals surface area contributed by atoms with Gasteiger partial charge < -0.3 is 15.7 Å². The van der Waals surface area contributed by atoms with Gasteiger partial charge in [0.15, 0.2) is 0 Å². The highest BCUT2D eigenvalue weighted by atomic mass is 16.3. The molecule has 1 aliphatic rings. The van der Waals surface area contributed by atoms with E-state index in [4.69, 9.17) is 5.73 Å². The van der Waals surface area contributed by atoms with E-state index in [1.165, 1.54) is 5.69 Å². The minimum atomic E-state index is -0.557. The van der Waals surface area contributed by atoms with E-state index >= 15 is 0 Å². The molecule has 17 heavy (non-hydrogen) atoms. The number of anilines is 1. The van der Waals surface area contributed by atoms with Crippen molar-refractivity contribution in [3.63, 3.8) is 0 Å². The molecule has 0 bridgehead atoms. The topological polar surface area (TPSA) is 49.5 Å². The Bertz CT molecular complexity index is 370. The Hall–Kier alpha value is -1.06.